The quantitative estimate of drug-likeness (QED) is 0.463. The largest absolute Gasteiger partial charge is 0.491 e. The number of amides is 1. The van der Waals surface area contributed by atoms with E-state index in [1.54, 1.807) is 0 Å². The molecule has 0 spiro atoms. The highest BCUT2D eigenvalue weighted by molar-refractivity contribution is 5.95. The van der Waals surface area contributed by atoms with Crippen molar-refractivity contribution in [2.75, 3.05) is 55.7 Å². The Labute approximate surface area is 213 Å². The van der Waals surface area contributed by atoms with Gasteiger partial charge in [-0.15, -0.1) is 0 Å². The first-order chi connectivity index (χ1) is 17.7. The molecule has 188 valence electrons. The number of hydrogen-bond acceptors (Lipinski definition) is 4. The summed E-state index contributed by atoms with van der Waals surface area (Å²) in [6.45, 7) is 6.31. The lowest BCUT2D eigenvalue weighted by Crippen LogP contribution is -2.46. The minimum absolute atomic E-state index is 0.187. The minimum atomic E-state index is -0.196. The zero-order chi connectivity index (χ0) is 24.7. The van der Waals surface area contributed by atoms with Crippen molar-refractivity contribution >= 4 is 17.3 Å². The molecule has 2 aliphatic heterocycles. The second-order valence-electron chi connectivity index (χ2n) is 9.62. The third-order valence-corrected chi connectivity index (χ3v) is 7.10. The first-order valence-corrected chi connectivity index (χ1v) is 13.0. The van der Waals surface area contributed by atoms with Crippen molar-refractivity contribution in [3.63, 3.8) is 0 Å². The van der Waals surface area contributed by atoms with Gasteiger partial charge in [0.2, 0.25) is 5.91 Å². The minimum Gasteiger partial charge on any atom is -0.491 e. The Morgan fingerprint density at radius 3 is 2.28 bits per heavy atom. The van der Waals surface area contributed by atoms with Gasteiger partial charge in [-0.05, 0) is 73.3 Å². The number of ether oxygens (including phenoxy) is 1. The van der Waals surface area contributed by atoms with Crippen LogP contribution < -0.4 is 14.5 Å². The molecule has 6 heteroatoms. The molecule has 3 aromatic rings. The Hall–Kier alpha value is -3.38. The van der Waals surface area contributed by atoms with Crippen molar-refractivity contribution in [1.82, 2.24) is 4.90 Å². The molecule has 0 unspecified atom stereocenters. The number of fused-ring (bicyclic) bond motifs is 1. The Kier molecular flexibility index (Phi) is 7.82. The lowest BCUT2D eigenvalue weighted by Gasteiger charge is -2.36. The number of anilines is 2. The molecule has 0 saturated carbocycles. The number of benzene rings is 3. The van der Waals surface area contributed by atoms with E-state index in [9.17, 15) is 9.18 Å². The zero-order valence-electron chi connectivity index (χ0n) is 20.7. The number of piperazine rings is 1. The average molecular weight is 488 g/mol. The summed E-state index contributed by atoms with van der Waals surface area (Å²) in [5, 5.41) is 0. The maximum absolute atomic E-state index is 13.1. The molecule has 1 fully saturated rings. The van der Waals surface area contributed by atoms with Gasteiger partial charge in [0.15, 0.2) is 0 Å². The highest BCUT2D eigenvalue weighted by Crippen LogP contribution is 2.31. The summed E-state index contributed by atoms with van der Waals surface area (Å²) in [5.74, 6) is 0.799. The van der Waals surface area contributed by atoms with Gasteiger partial charge < -0.3 is 14.5 Å². The van der Waals surface area contributed by atoms with Crippen LogP contribution >= 0.6 is 0 Å². The number of para-hydroxylation sites is 2. The van der Waals surface area contributed by atoms with Crippen molar-refractivity contribution in [1.29, 1.82) is 0 Å². The number of hydrogen-bond donors (Lipinski definition) is 0. The molecule has 5 nitrogen and oxygen atoms in total. The van der Waals surface area contributed by atoms with E-state index in [0.29, 0.717) is 13.0 Å². The van der Waals surface area contributed by atoms with Crippen LogP contribution in [-0.2, 0) is 11.2 Å². The van der Waals surface area contributed by atoms with E-state index in [-0.39, 0.29) is 11.7 Å². The Balaban J connectivity index is 1.06. The van der Waals surface area contributed by atoms with Crippen LogP contribution in [0.3, 0.4) is 0 Å². The average Bonchev–Trinajstić information content (AvgIpc) is 3.14. The summed E-state index contributed by atoms with van der Waals surface area (Å²) < 4.78 is 18.9. The topological polar surface area (TPSA) is 36.0 Å². The normalized spacial score (nSPS) is 16.2. The van der Waals surface area contributed by atoms with Gasteiger partial charge in [0.25, 0.3) is 0 Å². The lowest BCUT2D eigenvalue weighted by molar-refractivity contribution is -0.118. The monoisotopic (exact) mass is 487 g/mol. The summed E-state index contributed by atoms with van der Waals surface area (Å²) >= 11 is 0. The maximum atomic E-state index is 13.1. The van der Waals surface area contributed by atoms with Crippen LogP contribution in [0.1, 0.15) is 30.4 Å². The predicted octanol–water partition coefficient (Wildman–Crippen LogP) is 5.13. The van der Waals surface area contributed by atoms with Gasteiger partial charge in [0.1, 0.15) is 11.6 Å². The van der Waals surface area contributed by atoms with Gasteiger partial charge in [0.05, 0.1) is 12.3 Å². The van der Waals surface area contributed by atoms with E-state index >= 15 is 0 Å². The van der Waals surface area contributed by atoms with E-state index < -0.39 is 0 Å². The fraction of sp³-hybridized carbons (Fsp3) is 0.367. The van der Waals surface area contributed by atoms with Crippen molar-refractivity contribution in [3.05, 3.63) is 89.7 Å². The van der Waals surface area contributed by atoms with Crippen LogP contribution in [0.2, 0.25) is 0 Å². The van der Waals surface area contributed by atoms with Gasteiger partial charge in [-0.1, -0.05) is 36.4 Å². The lowest BCUT2D eigenvalue weighted by atomic mass is 10.0. The molecule has 0 N–H and O–H groups in total. The number of carbonyl (C=O) groups is 1. The van der Waals surface area contributed by atoms with Crippen LogP contribution in [0.25, 0.3) is 0 Å². The molecule has 3 aromatic carbocycles. The smallest absolute Gasteiger partial charge is 0.227 e. The van der Waals surface area contributed by atoms with E-state index in [4.69, 9.17) is 4.74 Å². The van der Waals surface area contributed by atoms with Crippen LogP contribution in [0.15, 0.2) is 72.8 Å². The van der Waals surface area contributed by atoms with Crippen LogP contribution in [0, 0.1) is 5.82 Å². The molecule has 0 radical (unpaired) electrons. The van der Waals surface area contributed by atoms with Crippen molar-refractivity contribution in [2.24, 2.45) is 0 Å². The maximum Gasteiger partial charge on any atom is 0.227 e. The summed E-state index contributed by atoms with van der Waals surface area (Å²) in [5.41, 5.74) is 4.49. The zero-order valence-corrected chi connectivity index (χ0v) is 20.7. The summed E-state index contributed by atoms with van der Waals surface area (Å²) in [6.07, 6.45) is 3.10. The molecular weight excluding hydrogens is 453 g/mol. The van der Waals surface area contributed by atoms with Gasteiger partial charge in [-0.2, -0.15) is 0 Å². The molecule has 5 rings (SSSR count). The Morgan fingerprint density at radius 2 is 1.53 bits per heavy atom. The number of halogens is 1. The van der Waals surface area contributed by atoms with Gasteiger partial charge in [-0.3, -0.25) is 9.69 Å². The number of carbonyl (C=O) groups excluding carboxylic acids is 1. The SMILES string of the molecule is O=C(CCCN1CCN(c2ccc(Cc3ccc(F)cc3)cc2)CC1)N1CCCOc2ccccc21. The van der Waals surface area contributed by atoms with E-state index in [1.807, 2.05) is 41.3 Å². The standard InChI is InChI=1S/C30H34FN3O2/c31-26-12-8-24(9-13-26)23-25-10-14-27(15-11-25)33-20-18-32(19-21-33)16-3-7-30(35)34-17-4-22-36-29-6-2-1-5-28(29)34/h1-2,5-6,8-15H,3-4,7,16-23H2. The van der Waals surface area contributed by atoms with Crippen LogP contribution in [-0.4, -0.2) is 56.7 Å². The predicted molar refractivity (Wildman–Crippen MR) is 142 cm³/mol. The molecule has 1 amide bonds. The van der Waals surface area contributed by atoms with Crippen LogP contribution in [0.4, 0.5) is 15.8 Å². The second-order valence-corrected chi connectivity index (χ2v) is 9.62. The highest BCUT2D eigenvalue weighted by Gasteiger charge is 2.22. The van der Waals surface area contributed by atoms with Gasteiger partial charge in [-0.25, -0.2) is 4.39 Å². The number of nitrogens with zero attached hydrogens (tertiary/aromatic N) is 3. The molecule has 0 atom stereocenters. The molecule has 0 bridgehead atoms. The van der Waals surface area contributed by atoms with Gasteiger partial charge in [0, 0.05) is 44.8 Å². The van der Waals surface area contributed by atoms with Crippen molar-refractivity contribution < 1.29 is 13.9 Å². The van der Waals surface area contributed by atoms with E-state index in [0.717, 1.165) is 75.5 Å². The third kappa shape index (κ3) is 6.05. The summed E-state index contributed by atoms with van der Waals surface area (Å²) in [6, 6.07) is 23.3. The molecule has 2 aliphatic rings. The summed E-state index contributed by atoms with van der Waals surface area (Å²) in [7, 11) is 0. The van der Waals surface area contributed by atoms with Crippen molar-refractivity contribution in [2.45, 2.75) is 25.7 Å². The third-order valence-electron chi connectivity index (χ3n) is 7.10. The highest BCUT2D eigenvalue weighted by atomic mass is 19.1. The Morgan fingerprint density at radius 1 is 0.833 bits per heavy atom. The first-order valence-electron chi connectivity index (χ1n) is 13.0. The molecule has 0 aromatic heterocycles. The Bertz CT molecular complexity index is 1140. The second kappa shape index (κ2) is 11.6. The van der Waals surface area contributed by atoms with Gasteiger partial charge >= 0.3 is 0 Å². The molecule has 36 heavy (non-hydrogen) atoms. The number of rotatable bonds is 7. The molecule has 0 aliphatic carbocycles. The first kappa shape index (κ1) is 24.3. The van der Waals surface area contributed by atoms with Crippen LogP contribution in [0.5, 0.6) is 5.75 Å². The fourth-order valence-corrected chi connectivity index (χ4v) is 5.07. The molecule has 1 saturated heterocycles. The van der Waals surface area contributed by atoms with Crippen molar-refractivity contribution in [3.8, 4) is 5.75 Å². The van der Waals surface area contributed by atoms with E-state index in [2.05, 4.69) is 34.1 Å². The van der Waals surface area contributed by atoms with E-state index in [1.165, 1.54) is 23.4 Å². The fourth-order valence-electron chi connectivity index (χ4n) is 5.07. The molecular formula is C30H34FN3O2. The molecule has 2 heterocycles. The summed E-state index contributed by atoms with van der Waals surface area (Å²) in [4.78, 5) is 19.8.